The SMILES string of the molecule is C=CC(=O)OCCCCCc1ccncc1. The summed E-state index contributed by atoms with van der Waals surface area (Å²) in [4.78, 5) is 14.7. The molecular weight excluding hydrogens is 202 g/mol. The Labute approximate surface area is 96.2 Å². The second-order valence-corrected chi connectivity index (χ2v) is 3.54. The highest BCUT2D eigenvalue weighted by Crippen LogP contribution is 2.05. The summed E-state index contributed by atoms with van der Waals surface area (Å²) in [5, 5.41) is 0. The maximum atomic E-state index is 10.7. The molecule has 0 spiro atoms. The predicted octanol–water partition coefficient (Wildman–Crippen LogP) is 2.52. The van der Waals surface area contributed by atoms with Gasteiger partial charge in [-0.05, 0) is 43.4 Å². The fourth-order valence-electron chi connectivity index (χ4n) is 1.39. The molecule has 0 aliphatic heterocycles. The lowest BCUT2D eigenvalue weighted by atomic mass is 10.1. The van der Waals surface area contributed by atoms with E-state index >= 15 is 0 Å². The molecule has 3 heteroatoms. The fourth-order valence-corrected chi connectivity index (χ4v) is 1.39. The van der Waals surface area contributed by atoms with E-state index in [1.165, 1.54) is 11.6 Å². The molecule has 0 unspecified atom stereocenters. The Morgan fingerprint density at radius 1 is 1.31 bits per heavy atom. The van der Waals surface area contributed by atoms with Crippen LogP contribution >= 0.6 is 0 Å². The zero-order valence-electron chi connectivity index (χ0n) is 9.39. The van der Waals surface area contributed by atoms with Gasteiger partial charge in [-0.2, -0.15) is 0 Å². The van der Waals surface area contributed by atoms with E-state index in [4.69, 9.17) is 4.74 Å². The van der Waals surface area contributed by atoms with E-state index in [0.29, 0.717) is 6.61 Å². The minimum absolute atomic E-state index is 0.339. The van der Waals surface area contributed by atoms with Crippen molar-refractivity contribution < 1.29 is 9.53 Å². The highest BCUT2D eigenvalue weighted by Gasteiger charge is 1.96. The summed E-state index contributed by atoms with van der Waals surface area (Å²) in [5.41, 5.74) is 1.30. The predicted molar refractivity (Wildman–Crippen MR) is 62.9 cm³/mol. The minimum Gasteiger partial charge on any atom is -0.463 e. The highest BCUT2D eigenvalue weighted by molar-refractivity contribution is 5.81. The Morgan fingerprint density at radius 3 is 2.75 bits per heavy atom. The Balaban J connectivity index is 2.00. The van der Waals surface area contributed by atoms with Crippen molar-refractivity contribution in [3.8, 4) is 0 Å². The maximum Gasteiger partial charge on any atom is 0.330 e. The van der Waals surface area contributed by atoms with E-state index in [0.717, 1.165) is 25.7 Å². The lowest BCUT2D eigenvalue weighted by Gasteiger charge is -2.02. The topological polar surface area (TPSA) is 39.2 Å². The van der Waals surface area contributed by atoms with Crippen LogP contribution in [0.25, 0.3) is 0 Å². The van der Waals surface area contributed by atoms with Crippen molar-refractivity contribution in [3.63, 3.8) is 0 Å². The summed E-state index contributed by atoms with van der Waals surface area (Å²) in [5.74, 6) is -0.339. The standard InChI is InChI=1S/C13H17NO2/c1-2-13(15)16-11-5-3-4-6-12-7-9-14-10-8-12/h2,7-10H,1,3-6,11H2. The molecule has 1 heterocycles. The summed E-state index contributed by atoms with van der Waals surface area (Å²) < 4.78 is 4.88. The van der Waals surface area contributed by atoms with Crippen molar-refractivity contribution in [1.29, 1.82) is 0 Å². The van der Waals surface area contributed by atoms with Crippen molar-refractivity contribution in [3.05, 3.63) is 42.7 Å². The third-order valence-corrected chi connectivity index (χ3v) is 2.27. The van der Waals surface area contributed by atoms with Gasteiger partial charge in [0.1, 0.15) is 0 Å². The van der Waals surface area contributed by atoms with Crippen molar-refractivity contribution in [2.24, 2.45) is 0 Å². The molecule has 0 radical (unpaired) electrons. The van der Waals surface area contributed by atoms with Gasteiger partial charge in [-0.3, -0.25) is 4.98 Å². The second kappa shape index (κ2) is 7.63. The number of esters is 1. The number of carbonyl (C=O) groups is 1. The van der Waals surface area contributed by atoms with Crippen molar-refractivity contribution in [1.82, 2.24) is 4.98 Å². The number of aromatic nitrogens is 1. The number of ether oxygens (including phenoxy) is 1. The molecular formula is C13H17NO2. The molecule has 1 rings (SSSR count). The molecule has 1 aromatic heterocycles. The summed E-state index contributed by atoms with van der Waals surface area (Å²) >= 11 is 0. The summed E-state index contributed by atoms with van der Waals surface area (Å²) in [7, 11) is 0. The minimum atomic E-state index is -0.339. The van der Waals surface area contributed by atoms with Crippen LogP contribution in [0, 0.1) is 0 Å². The number of unbranched alkanes of at least 4 members (excludes halogenated alkanes) is 2. The molecule has 0 aromatic carbocycles. The molecule has 0 N–H and O–H groups in total. The fraction of sp³-hybridized carbons (Fsp3) is 0.385. The van der Waals surface area contributed by atoms with Gasteiger partial charge in [-0.1, -0.05) is 6.58 Å². The molecule has 0 aliphatic rings. The van der Waals surface area contributed by atoms with Gasteiger partial charge < -0.3 is 4.74 Å². The normalized spacial score (nSPS) is 9.75. The zero-order valence-corrected chi connectivity index (χ0v) is 9.39. The molecule has 0 aliphatic carbocycles. The van der Waals surface area contributed by atoms with Crippen molar-refractivity contribution >= 4 is 5.97 Å². The lowest BCUT2D eigenvalue weighted by molar-refractivity contribution is -0.137. The van der Waals surface area contributed by atoms with Gasteiger partial charge in [-0.25, -0.2) is 4.79 Å². The quantitative estimate of drug-likeness (QED) is 0.402. The van der Waals surface area contributed by atoms with Crippen LogP contribution < -0.4 is 0 Å². The van der Waals surface area contributed by atoms with E-state index in [2.05, 4.69) is 11.6 Å². The van der Waals surface area contributed by atoms with Crippen LogP contribution in [0.5, 0.6) is 0 Å². The third kappa shape index (κ3) is 5.29. The summed E-state index contributed by atoms with van der Waals surface area (Å²) in [6, 6.07) is 4.05. The maximum absolute atomic E-state index is 10.7. The van der Waals surface area contributed by atoms with Crippen LogP contribution in [0.1, 0.15) is 24.8 Å². The Hall–Kier alpha value is -1.64. The molecule has 3 nitrogen and oxygen atoms in total. The number of hydrogen-bond acceptors (Lipinski definition) is 3. The van der Waals surface area contributed by atoms with Gasteiger partial charge in [0.2, 0.25) is 0 Å². The first-order valence-corrected chi connectivity index (χ1v) is 5.51. The summed E-state index contributed by atoms with van der Waals surface area (Å²) in [6.07, 6.45) is 8.93. The first-order valence-electron chi connectivity index (χ1n) is 5.51. The molecule has 0 saturated heterocycles. The Kier molecular flexibility index (Phi) is 5.92. The van der Waals surface area contributed by atoms with Crippen LogP contribution in [0.15, 0.2) is 37.2 Å². The van der Waals surface area contributed by atoms with Gasteiger partial charge in [0.05, 0.1) is 6.61 Å². The van der Waals surface area contributed by atoms with Crippen LogP contribution in [0.2, 0.25) is 0 Å². The van der Waals surface area contributed by atoms with E-state index < -0.39 is 0 Å². The van der Waals surface area contributed by atoms with Gasteiger partial charge in [-0.15, -0.1) is 0 Å². The second-order valence-electron chi connectivity index (χ2n) is 3.54. The van der Waals surface area contributed by atoms with E-state index in [9.17, 15) is 4.79 Å². The van der Waals surface area contributed by atoms with E-state index in [1.54, 1.807) is 12.4 Å². The summed E-state index contributed by atoms with van der Waals surface area (Å²) in [6.45, 7) is 3.82. The van der Waals surface area contributed by atoms with E-state index in [1.807, 2.05) is 12.1 Å². The van der Waals surface area contributed by atoms with Gasteiger partial charge >= 0.3 is 5.97 Å². The van der Waals surface area contributed by atoms with Gasteiger partial charge in [0.25, 0.3) is 0 Å². The first-order chi connectivity index (χ1) is 7.83. The smallest absolute Gasteiger partial charge is 0.330 e. The van der Waals surface area contributed by atoms with E-state index in [-0.39, 0.29) is 5.97 Å². The van der Waals surface area contributed by atoms with Gasteiger partial charge in [0, 0.05) is 18.5 Å². The molecule has 0 saturated carbocycles. The average molecular weight is 219 g/mol. The monoisotopic (exact) mass is 219 g/mol. The molecule has 0 bridgehead atoms. The third-order valence-electron chi connectivity index (χ3n) is 2.27. The number of rotatable bonds is 7. The van der Waals surface area contributed by atoms with Crippen molar-refractivity contribution in [2.75, 3.05) is 6.61 Å². The van der Waals surface area contributed by atoms with Crippen molar-refractivity contribution in [2.45, 2.75) is 25.7 Å². The van der Waals surface area contributed by atoms with Crippen LogP contribution in [0.4, 0.5) is 0 Å². The van der Waals surface area contributed by atoms with Crippen LogP contribution in [0.3, 0.4) is 0 Å². The highest BCUT2D eigenvalue weighted by atomic mass is 16.5. The number of pyridine rings is 1. The molecule has 86 valence electrons. The molecule has 0 atom stereocenters. The number of carbonyl (C=O) groups excluding carboxylic acids is 1. The molecule has 1 aromatic rings. The average Bonchev–Trinajstić information content (AvgIpc) is 2.34. The Morgan fingerprint density at radius 2 is 2.06 bits per heavy atom. The number of nitrogens with zero attached hydrogens (tertiary/aromatic N) is 1. The Bertz CT molecular complexity index is 322. The number of aryl methyl sites for hydroxylation is 1. The van der Waals surface area contributed by atoms with Gasteiger partial charge in [0.15, 0.2) is 0 Å². The first kappa shape index (κ1) is 12.4. The largest absolute Gasteiger partial charge is 0.463 e. The van der Waals surface area contributed by atoms with Crippen LogP contribution in [-0.2, 0) is 16.0 Å². The molecule has 0 amide bonds. The lowest BCUT2D eigenvalue weighted by Crippen LogP contribution is -2.01. The number of hydrogen-bond donors (Lipinski definition) is 0. The zero-order chi connectivity index (χ0) is 11.6. The molecule has 16 heavy (non-hydrogen) atoms. The molecule has 0 fully saturated rings. The van der Waals surface area contributed by atoms with Crippen LogP contribution in [-0.4, -0.2) is 17.6 Å².